The van der Waals surface area contributed by atoms with Crippen molar-refractivity contribution < 1.29 is 9.13 Å². The van der Waals surface area contributed by atoms with Crippen molar-refractivity contribution in [2.24, 2.45) is 4.99 Å². The van der Waals surface area contributed by atoms with Crippen LogP contribution in [0.1, 0.15) is 45.1 Å². The molecule has 0 spiro atoms. The van der Waals surface area contributed by atoms with Crippen LogP contribution in [0.3, 0.4) is 0 Å². The second-order valence-corrected chi connectivity index (χ2v) is 7.49. The van der Waals surface area contributed by atoms with Crippen molar-refractivity contribution in [1.82, 2.24) is 0 Å². The van der Waals surface area contributed by atoms with Gasteiger partial charge in [0.2, 0.25) is 0 Å². The zero-order valence-corrected chi connectivity index (χ0v) is 14.0. The van der Waals surface area contributed by atoms with E-state index in [1.807, 2.05) is 6.07 Å². The Morgan fingerprint density at radius 1 is 1.25 bits per heavy atom. The number of aliphatic imine (C=N–C) groups is 1. The van der Waals surface area contributed by atoms with Gasteiger partial charge >= 0.3 is 0 Å². The Labute approximate surface area is 133 Å². The number of benzene rings is 1. The number of hydrogen-bond acceptors (Lipinski definition) is 2. The SMILES string of the molecule is CC1(C)COC(C2(c3cccc(F)c3I)CCCC2)=N1. The lowest BCUT2D eigenvalue weighted by Crippen LogP contribution is -2.34. The quantitative estimate of drug-likeness (QED) is 0.688. The minimum Gasteiger partial charge on any atom is -0.478 e. The largest absolute Gasteiger partial charge is 0.478 e. The Morgan fingerprint density at radius 3 is 2.55 bits per heavy atom. The molecule has 2 nitrogen and oxygen atoms in total. The van der Waals surface area contributed by atoms with Crippen molar-refractivity contribution in [1.29, 1.82) is 0 Å². The highest BCUT2D eigenvalue weighted by atomic mass is 127. The lowest BCUT2D eigenvalue weighted by molar-refractivity contribution is 0.258. The Bertz CT molecular complexity index is 562. The summed E-state index contributed by atoms with van der Waals surface area (Å²) in [6.07, 6.45) is 4.30. The van der Waals surface area contributed by atoms with Gasteiger partial charge in [0.1, 0.15) is 12.4 Å². The minimum atomic E-state index is -0.216. The molecule has 1 aliphatic carbocycles. The number of hydrogen-bond donors (Lipinski definition) is 0. The first-order valence-corrected chi connectivity index (χ1v) is 8.20. The average molecular weight is 387 g/mol. The van der Waals surface area contributed by atoms with Crippen LogP contribution in [-0.4, -0.2) is 18.0 Å². The van der Waals surface area contributed by atoms with Gasteiger partial charge in [-0.3, -0.25) is 0 Å². The van der Waals surface area contributed by atoms with Crippen LogP contribution in [0, 0.1) is 9.39 Å². The fraction of sp³-hybridized carbons (Fsp3) is 0.562. The second-order valence-electron chi connectivity index (χ2n) is 6.41. The normalized spacial score (nSPS) is 23.5. The molecule has 0 saturated heterocycles. The van der Waals surface area contributed by atoms with Crippen LogP contribution in [0.2, 0.25) is 0 Å². The number of ether oxygens (including phenoxy) is 1. The molecular weight excluding hydrogens is 368 g/mol. The van der Waals surface area contributed by atoms with Crippen molar-refractivity contribution in [2.75, 3.05) is 6.61 Å². The van der Waals surface area contributed by atoms with Crippen molar-refractivity contribution in [3.63, 3.8) is 0 Å². The summed E-state index contributed by atoms with van der Waals surface area (Å²) < 4.78 is 20.6. The number of halogens is 2. The highest BCUT2D eigenvalue weighted by molar-refractivity contribution is 14.1. The molecule has 0 aromatic heterocycles. The van der Waals surface area contributed by atoms with E-state index < -0.39 is 0 Å². The molecular formula is C16H19FINO. The van der Waals surface area contributed by atoms with E-state index in [1.54, 1.807) is 6.07 Å². The first-order valence-electron chi connectivity index (χ1n) is 7.12. The molecule has 1 aromatic carbocycles. The molecule has 0 amide bonds. The van der Waals surface area contributed by atoms with Crippen molar-refractivity contribution >= 4 is 28.5 Å². The summed E-state index contributed by atoms with van der Waals surface area (Å²) in [5, 5.41) is 0. The van der Waals surface area contributed by atoms with Crippen LogP contribution in [-0.2, 0) is 10.2 Å². The zero-order valence-electron chi connectivity index (χ0n) is 11.9. The summed E-state index contributed by atoms with van der Waals surface area (Å²) in [5.74, 6) is 0.677. The van der Waals surface area contributed by atoms with Gasteiger partial charge < -0.3 is 4.74 Å². The molecule has 2 aliphatic rings. The van der Waals surface area contributed by atoms with Crippen LogP contribution < -0.4 is 0 Å². The molecule has 1 heterocycles. The van der Waals surface area contributed by atoms with E-state index in [0.29, 0.717) is 10.2 Å². The van der Waals surface area contributed by atoms with Crippen LogP contribution in [0.5, 0.6) is 0 Å². The fourth-order valence-electron chi connectivity index (χ4n) is 3.28. The Balaban J connectivity index is 2.12. The summed E-state index contributed by atoms with van der Waals surface area (Å²) in [6.45, 7) is 4.79. The zero-order chi connectivity index (χ0) is 14.4. The van der Waals surface area contributed by atoms with Crippen molar-refractivity contribution in [2.45, 2.75) is 50.5 Å². The summed E-state index contributed by atoms with van der Waals surface area (Å²) >= 11 is 2.11. The molecule has 1 aromatic rings. The first kappa shape index (κ1) is 14.3. The summed E-state index contributed by atoms with van der Waals surface area (Å²) in [7, 11) is 0. The van der Waals surface area contributed by atoms with E-state index in [4.69, 9.17) is 9.73 Å². The number of rotatable bonds is 2. The molecule has 3 rings (SSSR count). The predicted molar refractivity (Wildman–Crippen MR) is 86.7 cm³/mol. The fourth-order valence-corrected chi connectivity index (χ4v) is 4.16. The second kappa shape index (κ2) is 4.97. The lowest BCUT2D eigenvalue weighted by atomic mass is 9.78. The van der Waals surface area contributed by atoms with Gasteiger partial charge in [-0.05, 0) is 60.9 Å². The van der Waals surface area contributed by atoms with Crippen LogP contribution in [0.15, 0.2) is 23.2 Å². The third-order valence-electron chi connectivity index (χ3n) is 4.30. The van der Waals surface area contributed by atoms with Gasteiger partial charge in [0, 0.05) is 0 Å². The van der Waals surface area contributed by atoms with E-state index >= 15 is 0 Å². The standard InChI is InChI=1S/C16H19FINO/c1-15(2)10-20-14(19-15)16(8-3-4-9-16)11-6-5-7-12(17)13(11)18/h5-7H,3-4,8-10H2,1-2H3. The van der Waals surface area contributed by atoms with Gasteiger partial charge in [0.15, 0.2) is 5.90 Å². The van der Waals surface area contributed by atoms with Crippen LogP contribution in [0.4, 0.5) is 4.39 Å². The van der Waals surface area contributed by atoms with E-state index in [9.17, 15) is 4.39 Å². The van der Waals surface area contributed by atoms with E-state index in [1.165, 1.54) is 6.07 Å². The maximum atomic E-state index is 14.0. The minimum absolute atomic E-state index is 0.146. The Kier molecular flexibility index (Phi) is 3.55. The molecule has 0 unspecified atom stereocenters. The van der Waals surface area contributed by atoms with Gasteiger partial charge in [-0.25, -0.2) is 9.38 Å². The highest BCUT2D eigenvalue weighted by Gasteiger charge is 2.47. The van der Waals surface area contributed by atoms with Crippen molar-refractivity contribution in [3.05, 3.63) is 33.1 Å². The maximum absolute atomic E-state index is 14.0. The summed E-state index contributed by atoms with van der Waals surface area (Å²) in [5.41, 5.74) is 0.669. The smallest absolute Gasteiger partial charge is 0.194 e. The molecule has 1 aliphatic heterocycles. The Morgan fingerprint density at radius 2 is 1.95 bits per heavy atom. The third kappa shape index (κ3) is 2.26. The van der Waals surface area contributed by atoms with Gasteiger partial charge in [0.05, 0.1) is 14.5 Å². The van der Waals surface area contributed by atoms with Crippen LogP contribution in [0.25, 0.3) is 0 Å². The molecule has 108 valence electrons. The Hall–Kier alpha value is -0.650. The molecule has 20 heavy (non-hydrogen) atoms. The van der Waals surface area contributed by atoms with E-state index in [-0.39, 0.29) is 16.8 Å². The molecule has 4 heteroatoms. The average Bonchev–Trinajstić information content (AvgIpc) is 3.00. The molecule has 0 N–H and O–H groups in total. The molecule has 0 bridgehead atoms. The van der Waals surface area contributed by atoms with Gasteiger partial charge in [-0.15, -0.1) is 0 Å². The molecule has 0 radical (unpaired) electrons. The van der Waals surface area contributed by atoms with Crippen LogP contribution >= 0.6 is 22.6 Å². The molecule has 1 fully saturated rings. The van der Waals surface area contributed by atoms with Gasteiger partial charge in [-0.1, -0.05) is 25.0 Å². The summed E-state index contributed by atoms with van der Waals surface area (Å²) in [4.78, 5) is 4.79. The number of nitrogens with zero attached hydrogens (tertiary/aromatic N) is 1. The first-order chi connectivity index (χ1) is 9.45. The highest BCUT2D eigenvalue weighted by Crippen LogP contribution is 2.46. The topological polar surface area (TPSA) is 21.6 Å². The molecule has 0 atom stereocenters. The van der Waals surface area contributed by atoms with Gasteiger partial charge in [0.25, 0.3) is 0 Å². The van der Waals surface area contributed by atoms with E-state index in [0.717, 1.165) is 37.1 Å². The monoisotopic (exact) mass is 387 g/mol. The predicted octanol–water partition coefficient (Wildman–Crippen LogP) is 4.45. The van der Waals surface area contributed by atoms with Gasteiger partial charge in [-0.2, -0.15) is 0 Å². The molecule has 1 saturated carbocycles. The summed E-state index contributed by atoms with van der Waals surface area (Å²) in [6, 6.07) is 5.36. The van der Waals surface area contributed by atoms with E-state index in [2.05, 4.69) is 36.4 Å². The maximum Gasteiger partial charge on any atom is 0.194 e. The third-order valence-corrected chi connectivity index (χ3v) is 5.40. The van der Waals surface area contributed by atoms with Crippen molar-refractivity contribution in [3.8, 4) is 0 Å². The lowest BCUT2D eigenvalue weighted by Gasteiger charge is -2.29.